The van der Waals surface area contributed by atoms with E-state index in [0.29, 0.717) is 6.04 Å². The third-order valence-corrected chi connectivity index (χ3v) is 4.68. The number of nitrogens with one attached hydrogen (secondary N) is 1. The van der Waals surface area contributed by atoms with Crippen LogP contribution in [0.2, 0.25) is 5.02 Å². The zero-order chi connectivity index (χ0) is 13.9. The maximum atomic E-state index is 6.12. The number of benzene rings is 1. The number of ether oxygens (including phenoxy) is 1. The fourth-order valence-corrected chi connectivity index (χ4v) is 3.67. The van der Waals surface area contributed by atoms with Gasteiger partial charge in [0.15, 0.2) is 0 Å². The van der Waals surface area contributed by atoms with Crippen molar-refractivity contribution in [1.29, 1.82) is 0 Å². The van der Waals surface area contributed by atoms with Crippen molar-refractivity contribution in [3.63, 3.8) is 0 Å². The molecule has 1 heterocycles. The van der Waals surface area contributed by atoms with Gasteiger partial charge in [0, 0.05) is 29.1 Å². The minimum Gasteiger partial charge on any atom is -0.375 e. The Hall–Kier alpha value is -0.220. The van der Waals surface area contributed by atoms with Crippen LogP contribution >= 0.6 is 23.4 Å². The molecular weight excluding hydrogens is 278 g/mol. The predicted octanol–water partition coefficient (Wildman–Crippen LogP) is 4.28. The molecule has 0 spiro atoms. The second kappa shape index (κ2) is 6.49. The van der Waals surface area contributed by atoms with Crippen LogP contribution < -0.4 is 5.32 Å². The van der Waals surface area contributed by atoms with E-state index in [9.17, 15) is 0 Å². The second-order valence-electron chi connectivity index (χ2n) is 5.45. The molecular formula is C15H22ClNOS. The third-order valence-electron chi connectivity index (χ3n) is 3.32. The fourth-order valence-electron chi connectivity index (χ4n) is 2.39. The van der Waals surface area contributed by atoms with Crippen LogP contribution in [0.3, 0.4) is 0 Å². The Morgan fingerprint density at radius 1 is 1.47 bits per heavy atom. The highest BCUT2D eigenvalue weighted by Crippen LogP contribution is 2.37. The summed E-state index contributed by atoms with van der Waals surface area (Å²) in [4.78, 5) is 1.35. The smallest absolute Gasteiger partial charge is 0.0750 e. The van der Waals surface area contributed by atoms with E-state index in [1.165, 1.54) is 10.5 Å². The van der Waals surface area contributed by atoms with Crippen molar-refractivity contribution in [3.05, 3.63) is 28.8 Å². The van der Waals surface area contributed by atoms with Crippen LogP contribution in [0.15, 0.2) is 23.1 Å². The molecule has 0 aliphatic carbocycles. The highest BCUT2D eigenvalue weighted by molar-refractivity contribution is 7.99. The summed E-state index contributed by atoms with van der Waals surface area (Å²) in [5, 5.41) is 4.45. The van der Waals surface area contributed by atoms with Crippen LogP contribution in [0.4, 0.5) is 0 Å². The van der Waals surface area contributed by atoms with Crippen molar-refractivity contribution in [2.24, 2.45) is 0 Å². The summed E-state index contributed by atoms with van der Waals surface area (Å²) >= 11 is 8.03. The molecule has 0 saturated carbocycles. The average Bonchev–Trinajstić information content (AvgIpc) is 2.36. The number of fused-ring (bicyclic) bond motifs is 1. The molecule has 1 atom stereocenters. The summed E-state index contributed by atoms with van der Waals surface area (Å²) in [5.74, 6) is 1.15. The molecule has 1 aliphatic heterocycles. The van der Waals surface area contributed by atoms with E-state index in [0.717, 1.165) is 30.3 Å². The van der Waals surface area contributed by atoms with Crippen LogP contribution in [-0.4, -0.2) is 24.5 Å². The molecule has 19 heavy (non-hydrogen) atoms. The summed E-state index contributed by atoms with van der Waals surface area (Å²) in [6.45, 7) is 7.88. The Bertz CT molecular complexity index is 436. The third kappa shape index (κ3) is 4.12. The van der Waals surface area contributed by atoms with E-state index >= 15 is 0 Å². The Balaban J connectivity index is 2.05. The summed E-state index contributed by atoms with van der Waals surface area (Å²) in [7, 11) is 0. The van der Waals surface area contributed by atoms with Gasteiger partial charge in [0.05, 0.1) is 5.60 Å². The minimum atomic E-state index is -0.127. The average molecular weight is 300 g/mol. The SMILES string of the molecule is CCOC(C)(C)CNC1CCSc2ccc(Cl)cc21. The molecule has 2 rings (SSSR count). The van der Waals surface area contributed by atoms with Gasteiger partial charge in [-0.05, 0) is 56.7 Å². The van der Waals surface area contributed by atoms with Crippen LogP contribution in [0.1, 0.15) is 38.8 Å². The standard InChI is InChI=1S/C15H22ClNOS/c1-4-18-15(2,3)10-17-13-7-8-19-14-6-5-11(16)9-12(13)14/h5-6,9,13,17H,4,7-8,10H2,1-3H3. The molecule has 1 unspecified atom stereocenters. The molecule has 0 fully saturated rings. The van der Waals surface area contributed by atoms with Gasteiger partial charge in [0.1, 0.15) is 0 Å². The maximum Gasteiger partial charge on any atom is 0.0750 e. The summed E-state index contributed by atoms with van der Waals surface area (Å²) in [5.41, 5.74) is 1.20. The van der Waals surface area contributed by atoms with E-state index in [1.807, 2.05) is 24.8 Å². The van der Waals surface area contributed by atoms with E-state index in [1.54, 1.807) is 0 Å². The quantitative estimate of drug-likeness (QED) is 0.877. The number of rotatable bonds is 5. The van der Waals surface area contributed by atoms with Crippen molar-refractivity contribution in [3.8, 4) is 0 Å². The predicted molar refractivity (Wildman–Crippen MR) is 83.2 cm³/mol. The lowest BCUT2D eigenvalue weighted by Gasteiger charge is -2.31. The lowest BCUT2D eigenvalue weighted by atomic mass is 10.0. The Kier molecular flexibility index (Phi) is 5.18. The van der Waals surface area contributed by atoms with Crippen LogP contribution in [0.25, 0.3) is 0 Å². The largest absolute Gasteiger partial charge is 0.375 e. The highest BCUT2D eigenvalue weighted by Gasteiger charge is 2.24. The molecule has 0 bridgehead atoms. The fraction of sp³-hybridized carbons (Fsp3) is 0.600. The van der Waals surface area contributed by atoms with E-state index in [2.05, 4.69) is 31.3 Å². The van der Waals surface area contributed by atoms with Crippen molar-refractivity contribution in [2.75, 3.05) is 18.9 Å². The molecule has 0 amide bonds. The van der Waals surface area contributed by atoms with E-state index in [4.69, 9.17) is 16.3 Å². The Morgan fingerprint density at radius 3 is 3.00 bits per heavy atom. The Labute approximate surface area is 125 Å². The summed E-state index contributed by atoms with van der Waals surface area (Å²) < 4.78 is 5.74. The monoisotopic (exact) mass is 299 g/mol. The van der Waals surface area contributed by atoms with Gasteiger partial charge in [0.25, 0.3) is 0 Å². The van der Waals surface area contributed by atoms with Gasteiger partial charge in [0.2, 0.25) is 0 Å². The number of thioether (sulfide) groups is 1. The first-order valence-corrected chi connectivity index (χ1v) is 8.18. The normalized spacial score (nSPS) is 19.3. The molecule has 1 aromatic carbocycles. The number of hydrogen-bond donors (Lipinski definition) is 1. The molecule has 4 heteroatoms. The molecule has 1 aromatic rings. The number of hydrogen-bond acceptors (Lipinski definition) is 3. The molecule has 106 valence electrons. The summed E-state index contributed by atoms with van der Waals surface area (Å²) in [6, 6.07) is 6.58. The zero-order valence-electron chi connectivity index (χ0n) is 11.8. The van der Waals surface area contributed by atoms with Crippen molar-refractivity contribution in [1.82, 2.24) is 5.32 Å². The molecule has 1 aliphatic rings. The summed E-state index contributed by atoms with van der Waals surface area (Å²) in [6.07, 6.45) is 1.14. The zero-order valence-corrected chi connectivity index (χ0v) is 13.4. The van der Waals surface area contributed by atoms with Gasteiger partial charge >= 0.3 is 0 Å². The van der Waals surface area contributed by atoms with E-state index < -0.39 is 0 Å². The van der Waals surface area contributed by atoms with E-state index in [-0.39, 0.29) is 5.60 Å². The van der Waals surface area contributed by atoms with Crippen molar-refractivity contribution < 1.29 is 4.74 Å². The van der Waals surface area contributed by atoms with Gasteiger partial charge < -0.3 is 10.1 Å². The van der Waals surface area contributed by atoms with Gasteiger partial charge in [-0.25, -0.2) is 0 Å². The first kappa shape index (κ1) is 15.2. The maximum absolute atomic E-state index is 6.12. The second-order valence-corrected chi connectivity index (χ2v) is 7.02. The van der Waals surface area contributed by atoms with Crippen LogP contribution in [-0.2, 0) is 4.74 Å². The lowest BCUT2D eigenvalue weighted by molar-refractivity contribution is -0.0107. The van der Waals surface area contributed by atoms with Crippen molar-refractivity contribution >= 4 is 23.4 Å². The molecule has 0 aromatic heterocycles. The lowest BCUT2D eigenvalue weighted by Crippen LogP contribution is -2.40. The van der Waals surface area contributed by atoms with Crippen molar-refractivity contribution in [2.45, 2.75) is 43.7 Å². The van der Waals surface area contributed by atoms with Gasteiger partial charge in [-0.1, -0.05) is 11.6 Å². The topological polar surface area (TPSA) is 21.3 Å². The molecule has 1 N–H and O–H groups in total. The van der Waals surface area contributed by atoms with Gasteiger partial charge in [-0.15, -0.1) is 11.8 Å². The number of halogens is 1. The first-order chi connectivity index (χ1) is 9.02. The van der Waals surface area contributed by atoms with Gasteiger partial charge in [-0.3, -0.25) is 0 Å². The first-order valence-electron chi connectivity index (χ1n) is 6.81. The minimum absolute atomic E-state index is 0.127. The van der Waals surface area contributed by atoms with Gasteiger partial charge in [-0.2, -0.15) is 0 Å². The molecule has 0 saturated heterocycles. The van der Waals surface area contributed by atoms with Crippen LogP contribution in [0, 0.1) is 0 Å². The highest BCUT2D eigenvalue weighted by atomic mass is 35.5. The molecule has 0 radical (unpaired) electrons. The van der Waals surface area contributed by atoms with Crippen LogP contribution in [0.5, 0.6) is 0 Å². The molecule has 2 nitrogen and oxygen atoms in total. The Morgan fingerprint density at radius 2 is 2.26 bits per heavy atom.